The zero-order valence-corrected chi connectivity index (χ0v) is 8.86. The number of anilines is 1. The van der Waals surface area contributed by atoms with Crippen molar-refractivity contribution in [2.45, 2.75) is 0 Å². The van der Waals surface area contributed by atoms with Gasteiger partial charge in [-0.25, -0.2) is 0 Å². The number of nitrogens with zero attached hydrogens (tertiary/aromatic N) is 3. The smallest absolute Gasteiger partial charge is 0.299 e. The minimum atomic E-state index is -0.762. The Balaban J connectivity index is 2.70. The van der Waals surface area contributed by atoms with Crippen molar-refractivity contribution < 1.29 is 9.85 Å². The van der Waals surface area contributed by atoms with E-state index in [4.69, 9.17) is 5.73 Å². The molecule has 0 aliphatic rings. The number of nitrogens with one attached hydrogen (secondary N) is 1. The minimum Gasteiger partial charge on any atom is -0.388 e. The number of benzene rings is 1. The SMILES string of the molecule is Nc1c([N+](=O)[O-])cc(-c2ccn[nH]2)cc1[N+](=O)[O-]. The molecule has 0 saturated carbocycles. The van der Waals surface area contributed by atoms with E-state index in [0.717, 1.165) is 12.1 Å². The number of aromatic amines is 1. The van der Waals surface area contributed by atoms with Crippen LogP contribution in [0.15, 0.2) is 24.4 Å². The molecule has 0 fully saturated rings. The fraction of sp³-hybridized carbons (Fsp3) is 0. The maximum Gasteiger partial charge on any atom is 0.299 e. The number of nitro groups is 2. The molecule has 1 aromatic carbocycles. The number of aromatic nitrogens is 2. The summed E-state index contributed by atoms with van der Waals surface area (Å²) in [5, 5.41) is 27.8. The average Bonchev–Trinajstić information content (AvgIpc) is 2.82. The van der Waals surface area contributed by atoms with Crippen LogP contribution in [-0.2, 0) is 0 Å². The van der Waals surface area contributed by atoms with Crippen LogP contribution in [-0.4, -0.2) is 20.0 Å². The van der Waals surface area contributed by atoms with E-state index in [-0.39, 0.29) is 5.56 Å². The minimum absolute atomic E-state index is 0.278. The highest BCUT2D eigenvalue weighted by molar-refractivity contribution is 5.78. The molecule has 0 saturated heterocycles. The van der Waals surface area contributed by atoms with Gasteiger partial charge in [-0.1, -0.05) is 0 Å². The molecule has 18 heavy (non-hydrogen) atoms. The molecular formula is C9H7N5O4. The second-order valence-corrected chi connectivity index (χ2v) is 3.41. The van der Waals surface area contributed by atoms with Crippen LogP contribution in [0.5, 0.6) is 0 Å². The fourth-order valence-electron chi connectivity index (χ4n) is 1.50. The van der Waals surface area contributed by atoms with Gasteiger partial charge in [0.2, 0.25) is 0 Å². The topological polar surface area (TPSA) is 141 Å². The summed E-state index contributed by atoms with van der Waals surface area (Å²) in [5.41, 5.74) is 4.63. The van der Waals surface area contributed by atoms with Gasteiger partial charge in [0.1, 0.15) is 0 Å². The van der Waals surface area contributed by atoms with Crippen LogP contribution < -0.4 is 5.73 Å². The van der Waals surface area contributed by atoms with Crippen LogP contribution >= 0.6 is 0 Å². The van der Waals surface area contributed by atoms with Crippen molar-refractivity contribution in [3.8, 4) is 11.3 Å². The molecule has 1 aromatic heterocycles. The number of H-pyrrole nitrogens is 1. The van der Waals surface area contributed by atoms with Crippen LogP contribution in [0.25, 0.3) is 11.3 Å². The molecule has 0 aliphatic carbocycles. The Kier molecular flexibility index (Phi) is 2.64. The maximum atomic E-state index is 10.8. The van der Waals surface area contributed by atoms with E-state index in [1.54, 1.807) is 6.07 Å². The number of nitrogen functional groups attached to an aromatic ring is 1. The molecule has 2 aromatic rings. The molecule has 2 rings (SSSR count). The first-order valence-electron chi connectivity index (χ1n) is 4.72. The first kappa shape index (κ1) is 11.5. The third-order valence-corrected chi connectivity index (χ3v) is 2.34. The summed E-state index contributed by atoms with van der Waals surface area (Å²) in [4.78, 5) is 20.1. The van der Waals surface area contributed by atoms with Gasteiger partial charge in [-0.05, 0) is 6.07 Å². The van der Waals surface area contributed by atoms with E-state index >= 15 is 0 Å². The molecule has 0 unspecified atom stereocenters. The molecule has 0 amide bonds. The van der Waals surface area contributed by atoms with E-state index in [9.17, 15) is 20.2 Å². The van der Waals surface area contributed by atoms with Crippen molar-refractivity contribution in [2.75, 3.05) is 5.73 Å². The van der Waals surface area contributed by atoms with Gasteiger partial charge in [0, 0.05) is 23.9 Å². The molecule has 0 radical (unpaired) electrons. The molecule has 0 aliphatic heterocycles. The Morgan fingerprint density at radius 3 is 2.11 bits per heavy atom. The van der Waals surface area contributed by atoms with Crippen molar-refractivity contribution in [1.82, 2.24) is 10.2 Å². The number of rotatable bonds is 3. The summed E-state index contributed by atoms with van der Waals surface area (Å²) in [6.45, 7) is 0. The van der Waals surface area contributed by atoms with Gasteiger partial charge < -0.3 is 5.73 Å². The highest BCUT2D eigenvalue weighted by atomic mass is 16.6. The highest BCUT2D eigenvalue weighted by Gasteiger charge is 2.24. The van der Waals surface area contributed by atoms with Gasteiger partial charge in [-0.15, -0.1) is 0 Å². The number of hydrogen-bond acceptors (Lipinski definition) is 6. The molecule has 9 heteroatoms. The second kappa shape index (κ2) is 4.13. The molecular weight excluding hydrogens is 242 g/mol. The van der Waals surface area contributed by atoms with E-state index < -0.39 is 26.9 Å². The van der Waals surface area contributed by atoms with E-state index in [1.807, 2.05) is 0 Å². The van der Waals surface area contributed by atoms with Gasteiger partial charge in [0.05, 0.1) is 15.5 Å². The zero-order chi connectivity index (χ0) is 13.3. The van der Waals surface area contributed by atoms with E-state index in [1.165, 1.54) is 6.20 Å². The van der Waals surface area contributed by atoms with Gasteiger partial charge in [-0.2, -0.15) is 5.10 Å². The summed E-state index contributed by atoms with van der Waals surface area (Å²) < 4.78 is 0. The van der Waals surface area contributed by atoms with Gasteiger partial charge in [0.25, 0.3) is 11.4 Å². The Hall–Kier alpha value is -2.97. The average molecular weight is 249 g/mol. The molecule has 3 N–H and O–H groups in total. The van der Waals surface area contributed by atoms with Crippen molar-refractivity contribution in [3.63, 3.8) is 0 Å². The van der Waals surface area contributed by atoms with Crippen molar-refractivity contribution in [2.24, 2.45) is 0 Å². The van der Waals surface area contributed by atoms with Crippen LogP contribution in [0.1, 0.15) is 0 Å². The summed E-state index contributed by atoms with van der Waals surface area (Å²) in [7, 11) is 0. The predicted molar refractivity (Wildman–Crippen MR) is 61.7 cm³/mol. The Bertz CT molecular complexity index is 587. The van der Waals surface area contributed by atoms with Gasteiger partial charge >= 0.3 is 0 Å². The quantitative estimate of drug-likeness (QED) is 0.479. The lowest BCUT2D eigenvalue weighted by atomic mass is 10.1. The lowest BCUT2D eigenvalue weighted by molar-refractivity contribution is -0.392. The summed E-state index contributed by atoms with van der Waals surface area (Å²) in [5.74, 6) is 0. The third-order valence-electron chi connectivity index (χ3n) is 2.34. The molecule has 0 atom stereocenters. The Labute approximate surface area is 99.5 Å². The first-order chi connectivity index (χ1) is 8.50. The van der Waals surface area contributed by atoms with Crippen molar-refractivity contribution >= 4 is 17.1 Å². The fourth-order valence-corrected chi connectivity index (χ4v) is 1.50. The summed E-state index contributed by atoms with van der Waals surface area (Å²) in [6, 6.07) is 3.87. The largest absolute Gasteiger partial charge is 0.388 e. The number of nitrogens with two attached hydrogens (primary N) is 1. The molecule has 0 bridgehead atoms. The molecule has 1 heterocycles. The Morgan fingerprint density at radius 2 is 1.72 bits per heavy atom. The first-order valence-corrected chi connectivity index (χ1v) is 4.72. The standard InChI is InChI=1S/C9H7N5O4/c10-9-7(13(15)16)3-5(4-8(9)14(17)18)6-1-2-11-12-6/h1-4H,10H2,(H,11,12). The van der Waals surface area contributed by atoms with Crippen LogP contribution in [0, 0.1) is 20.2 Å². The lowest BCUT2D eigenvalue weighted by Gasteiger charge is -2.02. The van der Waals surface area contributed by atoms with E-state index in [2.05, 4.69) is 10.2 Å². The monoisotopic (exact) mass is 249 g/mol. The Morgan fingerprint density at radius 1 is 1.17 bits per heavy atom. The maximum absolute atomic E-state index is 10.8. The number of hydrogen-bond donors (Lipinski definition) is 2. The second-order valence-electron chi connectivity index (χ2n) is 3.41. The van der Waals surface area contributed by atoms with Crippen molar-refractivity contribution in [3.05, 3.63) is 44.6 Å². The molecule has 9 nitrogen and oxygen atoms in total. The number of nitro benzene ring substituents is 2. The third kappa shape index (κ3) is 1.84. The van der Waals surface area contributed by atoms with Gasteiger partial charge in [0.15, 0.2) is 5.69 Å². The van der Waals surface area contributed by atoms with Crippen LogP contribution in [0.2, 0.25) is 0 Å². The normalized spacial score (nSPS) is 10.2. The lowest BCUT2D eigenvalue weighted by Crippen LogP contribution is -2.01. The van der Waals surface area contributed by atoms with E-state index in [0.29, 0.717) is 5.69 Å². The summed E-state index contributed by atoms with van der Waals surface area (Å²) in [6.07, 6.45) is 1.43. The van der Waals surface area contributed by atoms with Gasteiger partial charge in [-0.3, -0.25) is 25.3 Å². The molecule has 92 valence electrons. The van der Waals surface area contributed by atoms with Crippen LogP contribution in [0.4, 0.5) is 17.1 Å². The van der Waals surface area contributed by atoms with Crippen molar-refractivity contribution in [1.29, 1.82) is 0 Å². The summed E-state index contributed by atoms with van der Waals surface area (Å²) >= 11 is 0. The zero-order valence-electron chi connectivity index (χ0n) is 8.86. The predicted octanol–water partition coefficient (Wildman–Crippen LogP) is 1.48. The molecule has 0 spiro atoms. The highest BCUT2D eigenvalue weighted by Crippen LogP contribution is 2.35. The van der Waals surface area contributed by atoms with Crippen LogP contribution in [0.3, 0.4) is 0 Å².